The van der Waals surface area contributed by atoms with Crippen LogP contribution >= 0.6 is 0 Å². The van der Waals surface area contributed by atoms with E-state index >= 15 is 0 Å². The molecule has 1 aromatic heterocycles. The summed E-state index contributed by atoms with van der Waals surface area (Å²) in [6, 6.07) is 1.42. The number of pyridine rings is 1. The molecule has 0 spiro atoms. The first-order valence-corrected chi connectivity index (χ1v) is 6.96. The molecule has 3 N–H and O–H groups in total. The fraction of sp³-hybridized carbons (Fsp3) is 0.571. The van der Waals surface area contributed by atoms with Crippen LogP contribution in [0.3, 0.4) is 0 Å². The Bertz CT molecular complexity index is 507. The summed E-state index contributed by atoms with van der Waals surface area (Å²) in [6.45, 7) is 4.62. The highest BCUT2D eigenvalue weighted by Gasteiger charge is 2.13. The van der Waals surface area contributed by atoms with Gasteiger partial charge in [0.2, 0.25) is 0 Å². The quantitative estimate of drug-likeness (QED) is 0.672. The van der Waals surface area contributed by atoms with Crippen LogP contribution in [-0.2, 0) is 4.74 Å². The van der Waals surface area contributed by atoms with Crippen molar-refractivity contribution in [3.05, 3.63) is 33.7 Å². The van der Waals surface area contributed by atoms with Crippen LogP contribution in [0, 0.1) is 6.92 Å². The van der Waals surface area contributed by atoms with Crippen molar-refractivity contribution in [3.63, 3.8) is 0 Å². The lowest BCUT2D eigenvalue weighted by Crippen LogP contribution is -2.35. The monoisotopic (exact) mass is 279 g/mol. The molecule has 0 unspecified atom stereocenters. The average molecular weight is 279 g/mol. The Morgan fingerprint density at radius 1 is 1.45 bits per heavy atom. The number of H-pyrrole nitrogens is 1. The normalized spacial score (nSPS) is 16.1. The number of rotatable bonds is 5. The van der Waals surface area contributed by atoms with Crippen LogP contribution in [0.2, 0.25) is 0 Å². The van der Waals surface area contributed by atoms with Gasteiger partial charge in [-0.15, -0.1) is 0 Å². The highest BCUT2D eigenvalue weighted by Crippen LogP contribution is 2.06. The fourth-order valence-corrected chi connectivity index (χ4v) is 2.20. The second-order valence-electron chi connectivity index (χ2n) is 4.97. The van der Waals surface area contributed by atoms with Gasteiger partial charge in [-0.25, -0.2) is 0 Å². The zero-order valence-corrected chi connectivity index (χ0v) is 11.7. The maximum absolute atomic E-state index is 11.8. The summed E-state index contributed by atoms with van der Waals surface area (Å²) in [6.07, 6.45) is 3.73. The maximum Gasteiger partial charge on any atom is 0.256 e. The summed E-state index contributed by atoms with van der Waals surface area (Å²) >= 11 is 0. The topological polar surface area (TPSA) is 83.2 Å². The molecule has 0 radical (unpaired) electrons. The van der Waals surface area contributed by atoms with E-state index in [0.717, 1.165) is 31.6 Å². The average Bonchev–Trinajstić information content (AvgIpc) is 2.44. The van der Waals surface area contributed by atoms with Crippen LogP contribution in [0.1, 0.15) is 28.9 Å². The molecule has 0 saturated carbocycles. The van der Waals surface area contributed by atoms with Gasteiger partial charge in [-0.2, -0.15) is 0 Å². The number of aromatic amines is 1. The number of carbonyl (C=O) groups excluding carboxylic acids is 1. The van der Waals surface area contributed by atoms with Crippen LogP contribution in [0.4, 0.5) is 0 Å². The van der Waals surface area contributed by atoms with Gasteiger partial charge in [0.1, 0.15) is 5.56 Å². The van der Waals surface area contributed by atoms with E-state index in [1.54, 1.807) is 6.92 Å². The third-order valence-electron chi connectivity index (χ3n) is 3.33. The number of nitrogens with one attached hydrogen (secondary N) is 3. The van der Waals surface area contributed by atoms with Crippen LogP contribution in [-0.4, -0.2) is 43.2 Å². The van der Waals surface area contributed by atoms with E-state index < -0.39 is 0 Å². The Hall–Kier alpha value is -1.66. The third-order valence-corrected chi connectivity index (χ3v) is 3.33. The Morgan fingerprint density at radius 2 is 2.20 bits per heavy atom. The van der Waals surface area contributed by atoms with E-state index in [-0.39, 0.29) is 23.0 Å². The number of piperidine rings is 1. The minimum Gasteiger partial charge on any atom is -0.376 e. The molecule has 110 valence electrons. The molecule has 6 heteroatoms. The Kier molecular flexibility index (Phi) is 5.31. The van der Waals surface area contributed by atoms with Gasteiger partial charge < -0.3 is 20.4 Å². The summed E-state index contributed by atoms with van der Waals surface area (Å²) < 4.78 is 5.68. The molecular formula is C14H21N3O3. The van der Waals surface area contributed by atoms with Gasteiger partial charge in [-0.1, -0.05) is 0 Å². The van der Waals surface area contributed by atoms with Crippen LogP contribution < -0.4 is 16.1 Å². The Balaban J connectivity index is 1.73. The van der Waals surface area contributed by atoms with Crippen LogP contribution in [0.5, 0.6) is 0 Å². The Morgan fingerprint density at radius 3 is 2.90 bits per heavy atom. The molecule has 1 amide bonds. The van der Waals surface area contributed by atoms with Gasteiger partial charge in [-0.3, -0.25) is 9.59 Å². The number of amides is 1. The lowest BCUT2D eigenvalue weighted by Gasteiger charge is -2.22. The van der Waals surface area contributed by atoms with Crippen molar-refractivity contribution >= 4 is 5.91 Å². The molecule has 1 aliphatic rings. The van der Waals surface area contributed by atoms with Crippen molar-refractivity contribution < 1.29 is 9.53 Å². The van der Waals surface area contributed by atoms with Crippen molar-refractivity contribution in [3.8, 4) is 0 Å². The van der Waals surface area contributed by atoms with E-state index in [2.05, 4.69) is 15.6 Å². The van der Waals surface area contributed by atoms with E-state index in [9.17, 15) is 9.59 Å². The van der Waals surface area contributed by atoms with E-state index in [1.807, 2.05) is 0 Å². The molecular weight excluding hydrogens is 258 g/mol. The lowest BCUT2D eigenvalue weighted by molar-refractivity contribution is 0.0343. The van der Waals surface area contributed by atoms with E-state index in [0.29, 0.717) is 13.2 Å². The minimum atomic E-state index is -0.361. The molecule has 0 aliphatic carbocycles. The van der Waals surface area contributed by atoms with Gasteiger partial charge in [-0.05, 0) is 32.9 Å². The zero-order chi connectivity index (χ0) is 14.4. The predicted molar refractivity (Wildman–Crippen MR) is 76.0 cm³/mol. The van der Waals surface area contributed by atoms with E-state index in [1.165, 1.54) is 12.3 Å². The third kappa shape index (κ3) is 4.18. The van der Waals surface area contributed by atoms with Crippen molar-refractivity contribution in [1.29, 1.82) is 0 Å². The zero-order valence-electron chi connectivity index (χ0n) is 11.7. The van der Waals surface area contributed by atoms with Crippen LogP contribution in [0.15, 0.2) is 17.1 Å². The molecule has 2 heterocycles. The number of hydrogen-bond donors (Lipinski definition) is 3. The number of hydrogen-bond acceptors (Lipinski definition) is 4. The molecule has 1 saturated heterocycles. The summed E-state index contributed by atoms with van der Waals surface area (Å²) in [5.41, 5.74) is 0.608. The fourth-order valence-electron chi connectivity index (χ4n) is 2.20. The SMILES string of the molecule is Cc1cc(=O)c(C(=O)NCCOC2CCNCC2)c[nH]1. The van der Waals surface area contributed by atoms with Gasteiger partial charge in [0.15, 0.2) is 5.43 Å². The van der Waals surface area contributed by atoms with Crippen molar-refractivity contribution in [2.45, 2.75) is 25.9 Å². The van der Waals surface area contributed by atoms with Gasteiger partial charge in [0.25, 0.3) is 5.91 Å². The molecule has 6 nitrogen and oxygen atoms in total. The minimum absolute atomic E-state index is 0.137. The number of aromatic nitrogens is 1. The Labute approximate surface area is 117 Å². The second-order valence-corrected chi connectivity index (χ2v) is 4.97. The summed E-state index contributed by atoms with van der Waals surface area (Å²) in [5.74, 6) is -0.361. The molecule has 1 fully saturated rings. The smallest absolute Gasteiger partial charge is 0.256 e. The first-order chi connectivity index (χ1) is 9.66. The molecule has 0 atom stereocenters. The molecule has 1 aromatic rings. The number of ether oxygens (including phenoxy) is 1. The lowest BCUT2D eigenvalue weighted by atomic mass is 10.1. The summed E-state index contributed by atoms with van der Waals surface area (Å²) in [4.78, 5) is 26.3. The maximum atomic E-state index is 11.8. The van der Waals surface area contributed by atoms with Crippen molar-refractivity contribution in [2.75, 3.05) is 26.2 Å². The van der Waals surface area contributed by atoms with Crippen LogP contribution in [0.25, 0.3) is 0 Å². The van der Waals surface area contributed by atoms with Gasteiger partial charge >= 0.3 is 0 Å². The summed E-state index contributed by atoms with van der Waals surface area (Å²) in [7, 11) is 0. The molecule has 0 aromatic carbocycles. The predicted octanol–water partition coefficient (Wildman–Crippen LogP) is 0.182. The van der Waals surface area contributed by atoms with E-state index in [4.69, 9.17) is 4.74 Å². The molecule has 20 heavy (non-hydrogen) atoms. The first kappa shape index (κ1) is 14.7. The molecule has 2 rings (SSSR count). The first-order valence-electron chi connectivity index (χ1n) is 6.96. The largest absolute Gasteiger partial charge is 0.376 e. The molecule has 0 bridgehead atoms. The second kappa shape index (κ2) is 7.21. The van der Waals surface area contributed by atoms with Crippen molar-refractivity contribution in [2.24, 2.45) is 0 Å². The van der Waals surface area contributed by atoms with Crippen molar-refractivity contribution in [1.82, 2.24) is 15.6 Å². The van der Waals surface area contributed by atoms with Gasteiger partial charge in [0.05, 0.1) is 12.7 Å². The number of aryl methyl sites for hydroxylation is 1. The highest BCUT2D eigenvalue weighted by molar-refractivity contribution is 5.93. The van der Waals surface area contributed by atoms with Gasteiger partial charge in [0, 0.05) is 24.5 Å². The number of carbonyl (C=O) groups is 1. The molecule has 1 aliphatic heterocycles. The summed E-state index contributed by atoms with van der Waals surface area (Å²) in [5, 5.41) is 5.97. The highest BCUT2D eigenvalue weighted by atomic mass is 16.5. The standard InChI is InChI=1S/C14H21N3O3/c1-10-8-13(18)12(9-17-10)14(19)16-6-7-20-11-2-4-15-5-3-11/h8-9,11,15H,2-7H2,1H3,(H,16,19)(H,17,18).